The molecule has 0 fully saturated rings. The van der Waals surface area contributed by atoms with Crippen molar-refractivity contribution >= 4 is 11.4 Å². The molecule has 1 heteroatoms. The fourth-order valence-corrected chi connectivity index (χ4v) is 4.20. The van der Waals surface area contributed by atoms with Crippen LogP contribution in [0.3, 0.4) is 0 Å². The Hall–Kier alpha value is -3.19. The van der Waals surface area contributed by atoms with Gasteiger partial charge in [0, 0.05) is 6.42 Å². The van der Waals surface area contributed by atoms with Gasteiger partial charge in [0.05, 0.1) is 0 Å². The minimum absolute atomic E-state index is 0.230. The maximum absolute atomic E-state index is 12.5. The van der Waals surface area contributed by atoms with Crippen molar-refractivity contribution in [2.24, 2.45) is 0 Å². The normalized spacial score (nSPS) is 17.3. The number of allylic oxidation sites excluding steroid dienone is 2. The van der Waals surface area contributed by atoms with Gasteiger partial charge < -0.3 is 0 Å². The summed E-state index contributed by atoms with van der Waals surface area (Å²) in [5, 5.41) is 0. The van der Waals surface area contributed by atoms with Crippen LogP contribution in [0.2, 0.25) is 0 Å². The van der Waals surface area contributed by atoms with Crippen molar-refractivity contribution in [2.45, 2.75) is 18.8 Å². The van der Waals surface area contributed by atoms with Gasteiger partial charge >= 0.3 is 0 Å². The molecule has 27 heavy (non-hydrogen) atoms. The zero-order valence-electron chi connectivity index (χ0n) is 15.1. The van der Waals surface area contributed by atoms with Crippen molar-refractivity contribution in [3.8, 4) is 22.3 Å². The van der Waals surface area contributed by atoms with Gasteiger partial charge in [-0.25, -0.2) is 0 Å². The highest BCUT2D eigenvalue weighted by atomic mass is 16.1. The Kier molecular flexibility index (Phi) is 3.86. The molecule has 1 unspecified atom stereocenters. The predicted octanol–water partition coefficient (Wildman–Crippen LogP) is 6.43. The summed E-state index contributed by atoms with van der Waals surface area (Å²) in [5.74, 6) is 0.484. The fourth-order valence-electron chi connectivity index (χ4n) is 4.20. The lowest BCUT2D eigenvalue weighted by molar-refractivity contribution is -0.115. The Bertz CT molecular complexity index is 1040. The van der Waals surface area contributed by atoms with E-state index in [0.29, 0.717) is 6.42 Å². The van der Waals surface area contributed by atoms with Gasteiger partial charge in [-0.3, -0.25) is 4.79 Å². The Morgan fingerprint density at radius 1 is 0.593 bits per heavy atom. The number of fused-ring (bicyclic) bond motifs is 2. The molecule has 5 aliphatic carbocycles. The Balaban J connectivity index is 1.51. The molecular formula is C26H20O. The highest BCUT2D eigenvalue weighted by molar-refractivity contribution is 6.00. The van der Waals surface area contributed by atoms with Crippen LogP contribution >= 0.6 is 0 Å². The van der Waals surface area contributed by atoms with E-state index in [-0.39, 0.29) is 11.7 Å². The van der Waals surface area contributed by atoms with Crippen LogP contribution in [-0.4, -0.2) is 5.78 Å². The number of carbonyl (C=O) groups excluding carboxylic acids is 1. The van der Waals surface area contributed by atoms with Crippen LogP contribution in [0, 0.1) is 0 Å². The monoisotopic (exact) mass is 348 g/mol. The Morgan fingerprint density at radius 2 is 1.11 bits per heavy atom. The van der Waals surface area contributed by atoms with Gasteiger partial charge in [0.1, 0.15) is 0 Å². The number of ketones is 1. The summed E-state index contributed by atoms with van der Waals surface area (Å²) in [6, 6.07) is 29.8. The molecule has 0 amide bonds. The molecule has 0 saturated heterocycles. The standard InChI is InChI=1S/C26H20O/c27-26-16-24(22-11-18-7-3-1-4-8-19(18)12-22)15-25(17-26)23-13-20-9-5-2-6-10-21(20)14-23/h1-14,16,25H,15,17H2. The van der Waals surface area contributed by atoms with E-state index in [4.69, 9.17) is 0 Å². The highest BCUT2D eigenvalue weighted by Crippen LogP contribution is 2.41. The molecule has 0 radical (unpaired) electrons. The average molecular weight is 348 g/mol. The Morgan fingerprint density at radius 3 is 1.67 bits per heavy atom. The van der Waals surface area contributed by atoms with Crippen molar-refractivity contribution in [3.63, 3.8) is 0 Å². The molecule has 1 atom stereocenters. The van der Waals surface area contributed by atoms with Crippen LogP contribution < -0.4 is 0 Å². The van der Waals surface area contributed by atoms with Crippen LogP contribution in [0.5, 0.6) is 0 Å². The van der Waals surface area contributed by atoms with Gasteiger partial charge in [-0.05, 0) is 69.5 Å². The van der Waals surface area contributed by atoms with Gasteiger partial charge in [-0.15, -0.1) is 0 Å². The van der Waals surface area contributed by atoms with E-state index in [2.05, 4.69) is 72.8 Å². The minimum atomic E-state index is 0.230. The van der Waals surface area contributed by atoms with Gasteiger partial charge in [0.15, 0.2) is 5.78 Å². The first-order chi connectivity index (χ1) is 13.3. The zero-order valence-corrected chi connectivity index (χ0v) is 15.1. The van der Waals surface area contributed by atoms with Crippen LogP contribution in [0.25, 0.3) is 27.8 Å². The molecule has 5 aliphatic rings. The van der Waals surface area contributed by atoms with Gasteiger partial charge in [0.25, 0.3) is 0 Å². The molecule has 0 N–H and O–H groups in total. The molecule has 1 nitrogen and oxygen atoms in total. The van der Waals surface area contributed by atoms with Crippen molar-refractivity contribution < 1.29 is 4.79 Å². The van der Waals surface area contributed by atoms with E-state index in [1.54, 1.807) is 0 Å². The van der Waals surface area contributed by atoms with Crippen molar-refractivity contribution in [1.82, 2.24) is 0 Å². The maximum atomic E-state index is 12.5. The first-order valence-electron chi connectivity index (χ1n) is 9.47. The number of hydrogen-bond acceptors (Lipinski definition) is 1. The molecule has 0 spiro atoms. The lowest BCUT2D eigenvalue weighted by atomic mass is 9.82. The highest BCUT2D eigenvalue weighted by Gasteiger charge is 2.25. The molecule has 0 aromatic heterocycles. The van der Waals surface area contributed by atoms with Crippen molar-refractivity contribution in [3.05, 3.63) is 102 Å². The minimum Gasteiger partial charge on any atom is -0.295 e. The number of carbonyl (C=O) groups is 1. The largest absolute Gasteiger partial charge is 0.295 e. The van der Waals surface area contributed by atoms with Crippen LogP contribution in [-0.2, 0) is 4.79 Å². The van der Waals surface area contributed by atoms with E-state index in [1.807, 2.05) is 18.2 Å². The predicted molar refractivity (Wildman–Crippen MR) is 111 cm³/mol. The first-order valence-corrected chi connectivity index (χ1v) is 9.47. The third-order valence-corrected chi connectivity index (χ3v) is 5.57. The topological polar surface area (TPSA) is 17.1 Å². The quantitative estimate of drug-likeness (QED) is 0.408. The molecule has 0 aromatic carbocycles. The van der Waals surface area contributed by atoms with Crippen molar-refractivity contribution in [2.75, 3.05) is 0 Å². The molecule has 5 rings (SSSR count). The van der Waals surface area contributed by atoms with Gasteiger partial charge in [-0.1, -0.05) is 72.8 Å². The second kappa shape index (κ2) is 6.51. The number of hydrogen-bond donors (Lipinski definition) is 0. The molecule has 0 aromatic rings. The summed E-state index contributed by atoms with van der Waals surface area (Å²) >= 11 is 0. The second-order valence-corrected chi connectivity index (χ2v) is 7.42. The second-order valence-electron chi connectivity index (χ2n) is 7.42. The molecule has 0 bridgehead atoms. The summed E-state index contributed by atoms with van der Waals surface area (Å²) in [6.07, 6.45) is 3.37. The van der Waals surface area contributed by atoms with E-state index >= 15 is 0 Å². The van der Waals surface area contributed by atoms with Gasteiger partial charge in [0.2, 0.25) is 0 Å². The average Bonchev–Trinajstić information content (AvgIpc) is 3.11. The fraction of sp³-hybridized carbons (Fsp3) is 0.115. The molecule has 0 aliphatic heterocycles. The zero-order chi connectivity index (χ0) is 18.2. The third kappa shape index (κ3) is 3.06. The lowest BCUT2D eigenvalue weighted by Crippen LogP contribution is -2.11. The van der Waals surface area contributed by atoms with Gasteiger partial charge in [-0.2, -0.15) is 0 Å². The third-order valence-electron chi connectivity index (χ3n) is 5.57. The van der Waals surface area contributed by atoms with Crippen LogP contribution in [0.4, 0.5) is 0 Å². The van der Waals surface area contributed by atoms with Crippen LogP contribution in [0.1, 0.15) is 29.9 Å². The van der Waals surface area contributed by atoms with E-state index in [1.165, 1.54) is 33.4 Å². The Labute approximate surface area is 159 Å². The lowest BCUT2D eigenvalue weighted by Gasteiger charge is -2.21. The number of rotatable bonds is 2. The summed E-state index contributed by atoms with van der Waals surface area (Å²) < 4.78 is 0. The summed E-state index contributed by atoms with van der Waals surface area (Å²) in [6.45, 7) is 0. The molecule has 0 heterocycles. The molecular weight excluding hydrogens is 328 g/mol. The summed E-state index contributed by atoms with van der Waals surface area (Å²) in [5.41, 5.74) is 8.53. The SMILES string of the molecule is O=C1C=C(c2cc3cccccc-3c2)CC(c2cc3cccccc-3c2)C1. The summed E-state index contributed by atoms with van der Waals surface area (Å²) in [7, 11) is 0. The smallest absolute Gasteiger partial charge is 0.156 e. The maximum Gasteiger partial charge on any atom is 0.156 e. The molecule has 130 valence electrons. The van der Waals surface area contributed by atoms with Crippen LogP contribution in [0.15, 0.2) is 91.0 Å². The summed E-state index contributed by atoms with van der Waals surface area (Å²) in [4.78, 5) is 12.5. The first kappa shape index (κ1) is 16.0. The van der Waals surface area contributed by atoms with E-state index in [9.17, 15) is 4.79 Å². The van der Waals surface area contributed by atoms with Crippen molar-refractivity contribution in [1.29, 1.82) is 0 Å². The van der Waals surface area contributed by atoms with E-state index < -0.39 is 0 Å². The molecule has 0 saturated carbocycles. The van der Waals surface area contributed by atoms with E-state index in [0.717, 1.165) is 12.0 Å².